The van der Waals surface area contributed by atoms with Crippen molar-refractivity contribution >= 4 is 15.7 Å². The van der Waals surface area contributed by atoms with E-state index in [1.54, 1.807) is 4.90 Å². The third-order valence-electron chi connectivity index (χ3n) is 4.71. The van der Waals surface area contributed by atoms with Crippen LogP contribution in [0, 0.1) is 6.92 Å². The molecule has 0 spiro atoms. The van der Waals surface area contributed by atoms with Crippen LogP contribution in [0.4, 0.5) is 0 Å². The van der Waals surface area contributed by atoms with Gasteiger partial charge < -0.3 is 4.90 Å². The fraction of sp³-hybridized carbons (Fsp3) is 0.350. The zero-order valence-electron chi connectivity index (χ0n) is 14.4. The third kappa shape index (κ3) is 4.28. The zero-order chi connectivity index (χ0) is 17.9. The van der Waals surface area contributed by atoms with Crippen LogP contribution >= 0.6 is 0 Å². The minimum absolute atomic E-state index is 0.0115. The lowest BCUT2D eigenvalue weighted by atomic mass is 10.1. The highest BCUT2D eigenvalue weighted by Crippen LogP contribution is 2.23. The zero-order valence-corrected chi connectivity index (χ0v) is 15.2. The van der Waals surface area contributed by atoms with Gasteiger partial charge >= 0.3 is 0 Å². The van der Waals surface area contributed by atoms with Crippen LogP contribution in [0.2, 0.25) is 0 Å². The summed E-state index contributed by atoms with van der Waals surface area (Å²) in [5, 5.41) is -0.366. The van der Waals surface area contributed by atoms with Crippen LogP contribution < -0.4 is 0 Å². The van der Waals surface area contributed by atoms with Crippen LogP contribution in [0.15, 0.2) is 54.6 Å². The number of hydrogen-bond donors (Lipinski definition) is 0. The van der Waals surface area contributed by atoms with Crippen molar-refractivity contribution < 1.29 is 13.2 Å². The summed E-state index contributed by atoms with van der Waals surface area (Å²) in [5.74, 6) is 0.0623. The molecule has 4 nitrogen and oxygen atoms in total. The van der Waals surface area contributed by atoms with Gasteiger partial charge in [-0.15, -0.1) is 0 Å². The first kappa shape index (κ1) is 17.7. The monoisotopic (exact) mass is 357 g/mol. The predicted molar refractivity (Wildman–Crippen MR) is 99.2 cm³/mol. The van der Waals surface area contributed by atoms with Gasteiger partial charge in [0.25, 0.3) is 5.91 Å². The number of piperidine rings is 1. The molecule has 0 N–H and O–H groups in total. The van der Waals surface area contributed by atoms with Gasteiger partial charge in [0.15, 0.2) is 9.84 Å². The quantitative estimate of drug-likeness (QED) is 0.844. The van der Waals surface area contributed by atoms with Crippen LogP contribution in [0.1, 0.15) is 34.3 Å². The first-order valence-corrected chi connectivity index (χ1v) is 10.3. The number of amides is 1. The number of sulfone groups is 1. The Morgan fingerprint density at radius 1 is 1.04 bits per heavy atom. The average Bonchev–Trinajstić information content (AvgIpc) is 2.62. The number of hydrogen-bond acceptors (Lipinski definition) is 3. The highest BCUT2D eigenvalue weighted by Gasteiger charge is 2.31. The van der Waals surface area contributed by atoms with Crippen molar-refractivity contribution in [2.45, 2.75) is 30.8 Å². The van der Waals surface area contributed by atoms with E-state index in [0.29, 0.717) is 31.5 Å². The fourth-order valence-corrected chi connectivity index (χ4v) is 5.12. The van der Waals surface area contributed by atoms with Crippen LogP contribution in [0.3, 0.4) is 0 Å². The minimum atomic E-state index is -3.19. The van der Waals surface area contributed by atoms with Gasteiger partial charge in [0.1, 0.15) is 0 Å². The SMILES string of the molecule is Cc1cccc(C(=O)N2CCC(S(=O)(=O)Cc3ccccc3)CC2)c1. The molecule has 3 rings (SSSR count). The van der Waals surface area contributed by atoms with Gasteiger partial charge in [0.2, 0.25) is 0 Å². The van der Waals surface area contributed by atoms with Crippen molar-refractivity contribution in [2.75, 3.05) is 13.1 Å². The summed E-state index contributed by atoms with van der Waals surface area (Å²) in [6.07, 6.45) is 1.01. The van der Waals surface area contributed by atoms with Crippen molar-refractivity contribution in [3.8, 4) is 0 Å². The van der Waals surface area contributed by atoms with Gasteiger partial charge in [0, 0.05) is 18.7 Å². The smallest absolute Gasteiger partial charge is 0.253 e. The molecule has 1 heterocycles. The number of nitrogens with zero attached hydrogens (tertiary/aromatic N) is 1. The van der Waals surface area contributed by atoms with Gasteiger partial charge in [-0.2, -0.15) is 0 Å². The lowest BCUT2D eigenvalue weighted by molar-refractivity contribution is 0.0725. The second-order valence-electron chi connectivity index (χ2n) is 6.65. The van der Waals surface area contributed by atoms with Crippen LogP contribution in [-0.4, -0.2) is 37.6 Å². The maximum atomic E-state index is 12.6. The van der Waals surface area contributed by atoms with Crippen LogP contribution in [0.25, 0.3) is 0 Å². The molecule has 2 aromatic rings. The molecule has 1 aliphatic heterocycles. The molecule has 0 radical (unpaired) electrons. The average molecular weight is 357 g/mol. The first-order valence-electron chi connectivity index (χ1n) is 8.57. The first-order chi connectivity index (χ1) is 12.0. The Labute approximate surface area is 149 Å². The maximum absolute atomic E-state index is 12.6. The topological polar surface area (TPSA) is 54.5 Å². The Morgan fingerprint density at radius 2 is 1.72 bits per heavy atom. The van der Waals surface area contributed by atoms with Gasteiger partial charge in [0.05, 0.1) is 11.0 Å². The number of likely N-dealkylation sites (tertiary alicyclic amines) is 1. The van der Waals surface area contributed by atoms with Crippen molar-refractivity contribution in [3.05, 3.63) is 71.3 Å². The van der Waals surface area contributed by atoms with E-state index in [9.17, 15) is 13.2 Å². The van der Waals surface area contributed by atoms with E-state index in [1.807, 2.05) is 61.5 Å². The molecule has 0 aromatic heterocycles. The number of rotatable bonds is 4. The fourth-order valence-electron chi connectivity index (χ4n) is 3.30. The molecular formula is C20H23NO3S. The Bertz CT molecular complexity index is 838. The molecule has 1 saturated heterocycles. The van der Waals surface area contributed by atoms with E-state index in [-0.39, 0.29) is 16.9 Å². The van der Waals surface area contributed by atoms with Crippen molar-refractivity contribution in [1.82, 2.24) is 4.90 Å². The molecule has 5 heteroatoms. The molecule has 1 amide bonds. The largest absolute Gasteiger partial charge is 0.339 e. The minimum Gasteiger partial charge on any atom is -0.339 e. The molecule has 0 aliphatic carbocycles. The van der Waals surface area contributed by atoms with Gasteiger partial charge in [-0.1, -0.05) is 48.0 Å². The standard InChI is InChI=1S/C20H23NO3S/c1-16-6-5-9-18(14-16)20(22)21-12-10-19(11-13-21)25(23,24)15-17-7-3-2-4-8-17/h2-9,14,19H,10-13,15H2,1H3. The molecule has 1 fully saturated rings. The van der Waals surface area contributed by atoms with Crippen LogP contribution in [0.5, 0.6) is 0 Å². The Morgan fingerprint density at radius 3 is 2.36 bits per heavy atom. The molecule has 132 valence electrons. The van der Waals surface area contributed by atoms with Gasteiger partial charge in [-0.3, -0.25) is 4.79 Å². The number of aryl methyl sites for hydroxylation is 1. The Hall–Kier alpha value is -2.14. The third-order valence-corrected chi connectivity index (χ3v) is 6.94. The lowest BCUT2D eigenvalue weighted by Crippen LogP contribution is -2.42. The van der Waals surface area contributed by atoms with E-state index in [4.69, 9.17) is 0 Å². The molecule has 25 heavy (non-hydrogen) atoms. The summed E-state index contributed by atoms with van der Waals surface area (Å²) in [7, 11) is -3.19. The number of carbonyl (C=O) groups is 1. The summed E-state index contributed by atoms with van der Waals surface area (Å²) in [6, 6.07) is 16.8. The summed E-state index contributed by atoms with van der Waals surface area (Å²) in [4.78, 5) is 14.3. The molecule has 2 aromatic carbocycles. The summed E-state index contributed by atoms with van der Waals surface area (Å²) < 4.78 is 25.3. The summed E-state index contributed by atoms with van der Waals surface area (Å²) >= 11 is 0. The van der Waals surface area contributed by atoms with E-state index in [2.05, 4.69) is 0 Å². The molecule has 0 unspecified atom stereocenters. The number of benzene rings is 2. The predicted octanol–water partition coefficient (Wildman–Crippen LogP) is 3.21. The van der Waals surface area contributed by atoms with E-state index >= 15 is 0 Å². The molecular weight excluding hydrogens is 334 g/mol. The van der Waals surface area contributed by atoms with Crippen LogP contribution in [-0.2, 0) is 15.6 Å². The van der Waals surface area contributed by atoms with Crippen molar-refractivity contribution in [1.29, 1.82) is 0 Å². The molecule has 0 saturated carbocycles. The Kier molecular flexibility index (Phi) is 5.23. The van der Waals surface area contributed by atoms with Crippen molar-refractivity contribution in [2.24, 2.45) is 0 Å². The second kappa shape index (κ2) is 7.40. The number of carbonyl (C=O) groups excluding carboxylic acids is 1. The molecule has 0 bridgehead atoms. The van der Waals surface area contributed by atoms with Gasteiger partial charge in [-0.05, 0) is 37.5 Å². The highest BCUT2D eigenvalue weighted by molar-refractivity contribution is 7.91. The van der Waals surface area contributed by atoms with Crippen molar-refractivity contribution in [3.63, 3.8) is 0 Å². The molecule has 0 atom stereocenters. The van der Waals surface area contributed by atoms with E-state index in [1.165, 1.54) is 0 Å². The second-order valence-corrected chi connectivity index (χ2v) is 8.93. The van der Waals surface area contributed by atoms with E-state index < -0.39 is 9.84 Å². The summed E-state index contributed by atoms with van der Waals surface area (Å²) in [6.45, 7) is 2.94. The van der Waals surface area contributed by atoms with E-state index in [0.717, 1.165) is 11.1 Å². The highest BCUT2D eigenvalue weighted by atomic mass is 32.2. The normalized spacial score (nSPS) is 16.0. The lowest BCUT2D eigenvalue weighted by Gasteiger charge is -2.32. The van der Waals surface area contributed by atoms with Gasteiger partial charge in [-0.25, -0.2) is 8.42 Å². The summed E-state index contributed by atoms with van der Waals surface area (Å²) in [5.41, 5.74) is 2.54. The molecule has 1 aliphatic rings. The maximum Gasteiger partial charge on any atom is 0.253 e. The Balaban J connectivity index is 1.62.